The predicted molar refractivity (Wildman–Crippen MR) is 118 cm³/mol. The molecule has 1 N–H and O–H groups in total. The Hall–Kier alpha value is -3.25. The summed E-state index contributed by atoms with van der Waals surface area (Å²) in [6, 6.07) is 20.3. The molecule has 5 rings (SSSR count). The molecular formula is C24H22N4OS. The number of hydrogen-bond acceptors (Lipinski definition) is 4. The zero-order chi connectivity index (χ0) is 20.3. The highest BCUT2D eigenvalue weighted by Gasteiger charge is 2.26. The van der Waals surface area contributed by atoms with Gasteiger partial charge in [0.15, 0.2) is 0 Å². The zero-order valence-electron chi connectivity index (χ0n) is 16.5. The molecule has 0 aliphatic heterocycles. The van der Waals surface area contributed by atoms with Crippen molar-refractivity contribution in [2.75, 3.05) is 0 Å². The number of amides is 1. The van der Waals surface area contributed by atoms with Crippen molar-refractivity contribution in [3.05, 3.63) is 94.8 Å². The molecule has 1 aliphatic rings. The number of aromatic nitrogens is 3. The van der Waals surface area contributed by atoms with Crippen LogP contribution in [-0.2, 0) is 13.0 Å². The Morgan fingerprint density at radius 2 is 1.83 bits per heavy atom. The Bertz CT molecular complexity index is 1150. The molecule has 0 fully saturated rings. The van der Waals surface area contributed by atoms with E-state index in [1.807, 2.05) is 54.7 Å². The first kappa shape index (κ1) is 18.8. The average molecular weight is 415 g/mol. The van der Waals surface area contributed by atoms with Crippen LogP contribution in [0.2, 0.25) is 0 Å². The van der Waals surface area contributed by atoms with Crippen LogP contribution in [0.1, 0.15) is 45.4 Å². The first-order chi connectivity index (χ1) is 14.8. The smallest absolute Gasteiger partial charge is 0.263 e. The van der Waals surface area contributed by atoms with Crippen molar-refractivity contribution >= 4 is 17.2 Å². The Kier molecular flexibility index (Phi) is 5.15. The van der Waals surface area contributed by atoms with Gasteiger partial charge >= 0.3 is 0 Å². The topological polar surface area (TPSA) is 59.8 Å². The second-order valence-corrected chi connectivity index (χ2v) is 8.53. The Labute approximate surface area is 179 Å². The lowest BCUT2D eigenvalue weighted by Crippen LogP contribution is -2.30. The van der Waals surface area contributed by atoms with Crippen LogP contribution in [0.3, 0.4) is 0 Å². The Balaban J connectivity index is 1.32. The summed E-state index contributed by atoms with van der Waals surface area (Å²) >= 11 is 1.43. The molecule has 0 saturated heterocycles. The van der Waals surface area contributed by atoms with Crippen LogP contribution in [0.15, 0.2) is 73.1 Å². The van der Waals surface area contributed by atoms with Crippen LogP contribution in [0.5, 0.6) is 0 Å². The van der Waals surface area contributed by atoms with Crippen molar-refractivity contribution in [3.63, 3.8) is 0 Å². The van der Waals surface area contributed by atoms with Crippen LogP contribution in [0.4, 0.5) is 0 Å². The van der Waals surface area contributed by atoms with Crippen LogP contribution < -0.4 is 5.32 Å². The van der Waals surface area contributed by atoms with E-state index in [4.69, 9.17) is 0 Å². The SMILES string of the molecule is O=C(NC1CCCc2c1cnn2Cc1ccccc1)c1cnc(-c2ccccc2)s1. The van der Waals surface area contributed by atoms with Crippen LogP contribution in [0.25, 0.3) is 10.6 Å². The summed E-state index contributed by atoms with van der Waals surface area (Å²) < 4.78 is 2.07. The molecule has 1 aliphatic carbocycles. The van der Waals surface area contributed by atoms with E-state index in [1.165, 1.54) is 22.6 Å². The van der Waals surface area contributed by atoms with Crippen molar-refractivity contribution in [1.29, 1.82) is 0 Å². The van der Waals surface area contributed by atoms with Gasteiger partial charge in [0, 0.05) is 16.8 Å². The van der Waals surface area contributed by atoms with E-state index in [-0.39, 0.29) is 11.9 Å². The van der Waals surface area contributed by atoms with Gasteiger partial charge in [-0.2, -0.15) is 5.10 Å². The van der Waals surface area contributed by atoms with Crippen molar-refractivity contribution in [2.45, 2.75) is 31.8 Å². The van der Waals surface area contributed by atoms with Gasteiger partial charge in [0.05, 0.1) is 25.0 Å². The molecule has 2 heterocycles. The van der Waals surface area contributed by atoms with Crippen molar-refractivity contribution in [2.24, 2.45) is 0 Å². The van der Waals surface area contributed by atoms with Gasteiger partial charge in [-0.05, 0) is 24.8 Å². The summed E-state index contributed by atoms with van der Waals surface area (Å²) in [7, 11) is 0. The maximum absolute atomic E-state index is 12.9. The van der Waals surface area contributed by atoms with Gasteiger partial charge in [-0.1, -0.05) is 60.7 Å². The minimum absolute atomic E-state index is 0.00644. The highest BCUT2D eigenvalue weighted by Crippen LogP contribution is 2.31. The van der Waals surface area contributed by atoms with Crippen LogP contribution in [0, 0.1) is 0 Å². The lowest BCUT2D eigenvalue weighted by atomic mass is 9.93. The second kappa shape index (κ2) is 8.24. The summed E-state index contributed by atoms with van der Waals surface area (Å²) in [6.07, 6.45) is 6.55. The summed E-state index contributed by atoms with van der Waals surface area (Å²) in [5.74, 6) is -0.0664. The predicted octanol–water partition coefficient (Wildman–Crippen LogP) is 4.86. The summed E-state index contributed by atoms with van der Waals surface area (Å²) in [4.78, 5) is 18.0. The number of nitrogens with one attached hydrogen (secondary N) is 1. The van der Waals surface area contributed by atoms with E-state index in [2.05, 4.69) is 32.2 Å². The lowest BCUT2D eigenvalue weighted by Gasteiger charge is -2.24. The monoisotopic (exact) mass is 414 g/mol. The molecule has 1 amide bonds. The molecule has 2 aromatic heterocycles. The highest BCUT2D eigenvalue weighted by atomic mass is 32.1. The van der Waals surface area contributed by atoms with Gasteiger partial charge in [-0.3, -0.25) is 9.48 Å². The third kappa shape index (κ3) is 3.78. The largest absolute Gasteiger partial charge is 0.344 e. The molecule has 1 unspecified atom stereocenters. The second-order valence-electron chi connectivity index (χ2n) is 7.50. The third-order valence-corrected chi connectivity index (χ3v) is 6.54. The number of nitrogens with zero attached hydrogens (tertiary/aromatic N) is 3. The van der Waals surface area contributed by atoms with E-state index in [0.29, 0.717) is 4.88 Å². The molecule has 4 aromatic rings. The maximum Gasteiger partial charge on any atom is 0.263 e. The number of fused-ring (bicyclic) bond motifs is 1. The summed E-state index contributed by atoms with van der Waals surface area (Å²) in [5, 5.41) is 8.70. The van der Waals surface area contributed by atoms with Gasteiger partial charge in [0.25, 0.3) is 5.91 Å². The van der Waals surface area contributed by atoms with Crippen molar-refractivity contribution < 1.29 is 4.79 Å². The molecule has 0 spiro atoms. The minimum atomic E-state index is -0.0664. The molecular weight excluding hydrogens is 392 g/mol. The number of benzene rings is 2. The number of hydrogen-bond donors (Lipinski definition) is 1. The lowest BCUT2D eigenvalue weighted by molar-refractivity contribution is 0.0936. The van der Waals surface area contributed by atoms with Crippen LogP contribution >= 0.6 is 11.3 Å². The van der Waals surface area contributed by atoms with Gasteiger partial charge in [-0.25, -0.2) is 4.98 Å². The Morgan fingerprint density at radius 3 is 2.63 bits per heavy atom. The number of carbonyl (C=O) groups excluding carboxylic acids is 1. The third-order valence-electron chi connectivity index (χ3n) is 5.49. The molecule has 2 aromatic carbocycles. The normalized spacial score (nSPS) is 15.5. The van der Waals surface area contributed by atoms with Gasteiger partial charge in [-0.15, -0.1) is 11.3 Å². The van der Waals surface area contributed by atoms with Crippen molar-refractivity contribution in [3.8, 4) is 10.6 Å². The zero-order valence-corrected chi connectivity index (χ0v) is 17.3. The number of carbonyl (C=O) groups is 1. The molecule has 0 bridgehead atoms. The van der Waals surface area contributed by atoms with E-state index in [1.54, 1.807) is 6.20 Å². The summed E-state index contributed by atoms with van der Waals surface area (Å²) in [5.41, 5.74) is 4.62. The quantitative estimate of drug-likeness (QED) is 0.507. The highest BCUT2D eigenvalue weighted by molar-refractivity contribution is 7.16. The first-order valence-corrected chi connectivity index (χ1v) is 11.0. The van der Waals surface area contributed by atoms with Crippen LogP contribution in [-0.4, -0.2) is 20.7 Å². The van der Waals surface area contributed by atoms with Gasteiger partial charge in [0.2, 0.25) is 0 Å². The molecule has 6 heteroatoms. The molecule has 30 heavy (non-hydrogen) atoms. The van der Waals surface area contributed by atoms with E-state index < -0.39 is 0 Å². The maximum atomic E-state index is 12.9. The molecule has 0 radical (unpaired) electrons. The molecule has 0 saturated carbocycles. The number of thiazole rings is 1. The minimum Gasteiger partial charge on any atom is -0.344 e. The number of rotatable bonds is 5. The van der Waals surface area contributed by atoms with Crippen molar-refractivity contribution in [1.82, 2.24) is 20.1 Å². The fraction of sp³-hybridized carbons (Fsp3) is 0.208. The summed E-state index contributed by atoms with van der Waals surface area (Å²) in [6.45, 7) is 0.756. The average Bonchev–Trinajstić information content (AvgIpc) is 3.44. The Morgan fingerprint density at radius 1 is 1.07 bits per heavy atom. The molecule has 150 valence electrons. The molecule has 5 nitrogen and oxygen atoms in total. The van der Waals surface area contributed by atoms with E-state index >= 15 is 0 Å². The van der Waals surface area contributed by atoms with Gasteiger partial charge in [0.1, 0.15) is 9.88 Å². The fourth-order valence-corrected chi connectivity index (χ4v) is 4.81. The molecule has 1 atom stereocenters. The van der Waals surface area contributed by atoms with Gasteiger partial charge < -0.3 is 5.32 Å². The van der Waals surface area contributed by atoms with E-state index in [9.17, 15) is 4.79 Å². The fourth-order valence-electron chi connectivity index (χ4n) is 3.98. The van der Waals surface area contributed by atoms with E-state index in [0.717, 1.165) is 41.9 Å². The first-order valence-electron chi connectivity index (χ1n) is 10.2. The standard InChI is InChI=1S/C24H22N4OS/c29-23(22-15-25-24(30-22)18-10-5-2-6-11-18)27-20-12-7-13-21-19(20)14-26-28(21)16-17-8-3-1-4-9-17/h1-6,8-11,14-15,20H,7,12-13,16H2,(H,27,29).